The molecule has 3 heterocycles. The molecule has 0 aliphatic carbocycles. The molecule has 1 aliphatic heterocycles. The van der Waals surface area contributed by atoms with Gasteiger partial charge in [0.05, 0.1) is 0 Å². The van der Waals surface area contributed by atoms with Crippen LogP contribution in [0, 0.1) is 6.92 Å². The van der Waals surface area contributed by atoms with Crippen molar-refractivity contribution in [2.45, 2.75) is 13.3 Å². The summed E-state index contributed by atoms with van der Waals surface area (Å²) in [5.41, 5.74) is 8.36. The van der Waals surface area contributed by atoms with E-state index < -0.39 is 0 Å². The maximum atomic E-state index is 6.13. The molecule has 6 nitrogen and oxygen atoms in total. The summed E-state index contributed by atoms with van der Waals surface area (Å²) in [5, 5.41) is 3.10. The summed E-state index contributed by atoms with van der Waals surface area (Å²) in [6.07, 6.45) is 4.63. The van der Waals surface area contributed by atoms with Crippen LogP contribution in [0.4, 0.5) is 5.13 Å². The first-order valence-corrected chi connectivity index (χ1v) is 8.71. The summed E-state index contributed by atoms with van der Waals surface area (Å²) in [7, 11) is 0. The highest BCUT2D eigenvalue weighted by Crippen LogP contribution is 2.18. The van der Waals surface area contributed by atoms with Gasteiger partial charge in [-0.15, -0.1) is 35.3 Å². The molecule has 0 unspecified atom stereocenters. The van der Waals surface area contributed by atoms with E-state index in [4.69, 9.17) is 5.73 Å². The van der Waals surface area contributed by atoms with Crippen LogP contribution in [0.3, 0.4) is 0 Å². The van der Waals surface area contributed by atoms with E-state index in [0.29, 0.717) is 12.5 Å². The number of pyridine rings is 1. The summed E-state index contributed by atoms with van der Waals surface area (Å²) in [6, 6.07) is 4.13. The number of rotatable bonds is 4. The fourth-order valence-electron chi connectivity index (χ4n) is 2.54. The molecule has 1 fully saturated rings. The zero-order chi connectivity index (χ0) is 16.1. The van der Waals surface area contributed by atoms with Gasteiger partial charge < -0.3 is 15.5 Å². The largest absolute Gasteiger partial charge is 0.370 e. The Balaban J connectivity index is 0.00000208. The molecule has 8 heteroatoms. The molecule has 1 aliphatic rings. The predicted octanol–water partition coefficient (Wildman–Crippen LogP) is 2.14. The monoisotopic (exact) mass is 458 g/mol. The zero-order valence-corrected chi connectivity index (χ0v) is 16.9. The molecule has 0 bridgehead atoms. The Hall–Kier alpha value is -1.42. The fraction of sp³-hybridized carbons (Fsp3) is 0.438. The first-order valence-electron chi connectivity index (χ1n) is 7.83. The lowest BCUT2D eigenvalue weighted by molar-refractivity contribution is 0.380. The molecule has 0 radical (unpaired) electrons. The van der Waals surface area contributed by atoms with Crippen molar-refractivity contribution in [3.05, 3.63) is 41.2 Å². The molecule has 2 N–H and O–H groups in total. The second-order valence-electron chi connectivity index (χ2n) is 5.59. The van der Waals surface area contributed by atoms with Gasteiger partial charge in [0.15, 0.2) is 11.1 Å². The number of nitrogens with two attached hydrogens (primary N) is 1. The third-order valence-electron chi connectivity index (χ3n) is 3.94. The van der Waals surface area contributed by atoms with Crippen molar-refractivity contribution in [3.63, 3.8) is 0 Å². The Morgan fingerprint density at radius 1 is 1.25 bits per heavy atom. The van der Waals surface area contributed by atoms with Crippen molar-refractivity contribution in [2.24, 2.45) is 10.7 Å². The Kier molecular flexibility index (Phi) is 7.22. The molecule has 3 rings (SSSR count). The minimum atomic E-state index is 0. The molecule has 1 saturated heterocycles. The number of aryl methyl sites for hydroxylation is 1. The first-order chi connectivity index (χ1) is 11.2. The van der Waals surface area contributed by atoms with Gasteiger partial charge in [-0.1, -0.05) is 6.07 Å². The number of aromatic nitrogens is 2. The van der Waals surface area contributed by atoms with Gasteiger partial charge in [-0.2, -0.15) is 0 Å². The fourth-order valence-corrected chi connectivity index (χ4v) is 3.24. The lowest BCUT2D eigenvalue weighted by Gasteiger charge is -2.35. The number of hydrogen-bond donors (Lipinski definition) is 1. The van der Waals surface area contributed by atoms with Crippen molar-refractivity contribution in [2.75, 3.05) is 37.6 Å². The third kappa shape index (κ3) is 5.04. The number of aliphatic imine (C=N–C) groups is 1. The van der Waals surface area contributed by atoms with Gasteiger partial charge in [0, 0.05) is 56.2 Å². The van der Waals surface area contributed by atoms with Crippen LogP contribution in [0.2, 0.25) is 0 Å². The number of piperazine rings is 1. The van der Waals surface area contributed by atoms with Crippen LogP contribution in [0.1, 0.15) is 11.3 Å². The van der Waals surface area contributed by atoms with Gasteiger partial charge in [0.25, 0.3) is 0 Å². The van der Waals surface area contributed by atoms with E-state index in [0.717, 1.165) is 43.4 Å². The van der Waals surface area contributed by atoms with Gasteiger partial charge in [-0.05, 0) is 25.0 Å². The summed E-state index contributed by atoms with van der Waals surface area (Å²) >= 11 is 1.68. The molecule has 2 aromatic rings. The molecule has 0 spiro atoms. The lowest BCUT2D eigenvalue weighted by atomic mass is 10.2. The summed E-state index contributed by atoms with van der Waals surface area (Å²) in [5.74, 6) is 0.642. The Bertz CT molecular complexity index is 635. The van der Waals surface area contributed by atoms with Crippen molar-refractivity contribution in [3.8, 4) is 0 Å². The number of halogens is 1. The average molecular weight is 458 g/mol. The van der Waals surface area contributed by atoms with E-state index in [9.17, 15) is 0 Å². The van der Waals surface area contributed by atoms with E-state index in [1.807, 2.05) is 30.8 Å². The maximum Gasteiger partial charge on any atom is 0.191 e. The van der Waals surface area contributed by atoms with E-state index >= 15 is 0 Å². The quantitative estimate of drug-likeness (QED) is 0.432. The van der Waals surface area contributed by atoms with E-state index in [-0.39, 0.29) is 24.0 Å². The van der Waals surface area contributed by atoms with Crippen molar-refractivity contribution in [1.29, 1.82) is 0 Å². The Labute approximate surface area is 163 Å². The molecular formula is C16H23IN6S. The van der Waals surface area contributed by atoms with Crippen LogP contribution in [0.15, 0.2) is 34.9 Å². The minimum absolute atomic E-state index is 0. The normalized spacial score (nSPS) is 15.3. The van der Waals surface area contributed by atoms with Crippen LogP contribution in [0.5, 0.6) is 0 Å². The summed E-state index contributed by atoms with van der Waals surface area (Å²) in [6.45, 7) is 6.34. The molecular weight excluding hydrogens is 435 g/mol. The molecule has 24 heavy (non-hydrogen) atoms. The summed E-state index contributed by atoms with van der Waals surface area (Å²) in [4.78, 5) is 17.6. The van der Waals surface area contributed by atoms with Gasteiger partial charge in [0.1, 0.15) is 0 Å². The zero-order valence-electron chi connectivity index (χ0n) is 13.8. The SMILES string of the molecule is Cc1ccc(CCN=C(N)N2CCN(c3nccs3)CC2)cn1.I. The van der Waals surface area contributed by atoms with Crippen LogP contribution >= 0.6 is 35.3 Å². The smallest absolute Gasteiger partial charge is 0.191 e. The molecule has 2 aromatic heterocycles. The van der Waals surface area contributed by atoms with Crippen LogP contribution in [-0.2, 0) is 6.42 Å². The van der Waals surface area contributed by atoms with Crippen molar-refractivity contribution >= 4 is 46.4 Å². The predicted molar refractivity (Wildman–Crippen MR) is 110 cm³/mol. The highest BCUT2D eigenvalue weighted by Gasteiger charge is 2.19. The maximum absolute atomic E-state index is 6.13. The molecule has 0 amide bonds. The lowest BCUT2D eigenvalue weighted by Crippen LogP contribution is -2.51. The van der Waals surface area contributed by atoms with Gasteiger partial charge in [-0.25, -0.2) is 4.98 Å². The average Bonchev–Trinajstić information content (AvgIpc) is 3.11. The van der Waals surface area contributed by atoms with Crippen molar-refractivity contribution in [1.82, 2.24) is 14.9 Å². The second-order valence-corrected chi connectivity index (χ2v) is 6.46. The first kappa shape index (κ1) is 18.9. The van der Waals surface area contributed by atoms with Crippen LogP contribution in [-0.4, -0.2) is 53.6 Å². The molecule has 0 atom stereocenters. The number of nitrogens with zero attached hydrogens (tertiary/aromatic N) is 5. The van der Waals surface area contributed by atoms with E-state index in [1.54, 1.807) is 11.3 Å². The topological polar surface area (TPSA) is 70.6 Å². The molecule has 0 saturated carbocycles. The molecule has 0 aromatic carbocycles. The van der Waals surface area contributed by atoms with Gasteiger partial charge in [-0.3, -0.25) is 9.98 Å². The minimum Gasteiger partial charge on any atom is -0.370 e. The number of anilines is 1. The summed E-state index contributed by atoms with van der Waals surface area (Å²) < 4.78 is 0. The van der Waals surface area contributed by atoms with Crippen LogP contribution < -0.4 is 10.6 Å². The number of guanidine groups is 1. The van der Waals surface area contributed by atoms with E-state index in [1.165, 1.54) is 5.56 Å². The third-order valence-corrected chi connectivity index (χ3v) is 4.77. The van der Waals surface area contributed by atoms with Crippen molar-refractivity contribution < 1.29 is 0 Å². The van der Waals surface area contributed by atoms with Crippen LogP contribution in [0.25, 0.3) is 0 Å². The van der Waals surface area contributed by atoms with Gasteiger partial charge in [0.2, 0.25) is 0 Å². The molecule has 130 valence electrons. The van der Waals surface area contributed by atoms with Gasteiger partial charge >= 0.3 is 0 Å². The Morgan fingerprint density at radius 3 is 2.67 bits per heavy atom. The van der Waals surface area contributed by atoms with E-state index in [2.05, 4.69) is 30.8 Å². The Morgan fingerprint density at radius 2 is 2.04 bits per heavy atom. The number of hydrogen-bond acceptors (Lipinski definition) is 5. The highest BCUT2D eigenvalue weighted by atomic mass is 127. The standard InChI is InChI=1S/C16H22N6S.HI/c1-13-2-3-14(12-20-13)4-5-18-15(17)21-7-9-22(10-8-21)16-19-6-11-23-16;/h2-3,6,11-12H,4-5,7-10H2,1H3,(H2,17,18);1H. The number of thiazole rings is 1. The second kappa shape index (κ2) is 9.16. The highest BCUT2D eigenvalue weighted by molar-refractivity contribution is 14.0.